The van der Waals surface area contributed by atoms with Crippen molar-refractivity contribution >= 4 is 5.97 Å². The summed E-state index contributed by atoms with van der Waals surface area (Å²) in [6, 6.07) is 6.21. The number of hydrogen-bond acceptors (Lipinski definition) is 8. The molecule has 0 saturated heterocycles. The molecule has 0 spiro atoms. The van der Waals surface area contributed by atoms with Crippen LogP contribution in [0.3, 0.4) is 0 Å². The van der Waals surface area contributed by atoms with Gasteiger partial charge < -0.3 is 19.3 Å². The monoisotopic (exact) mass is 452 g/mol. The quantitative estimate of drug-likeness (QED) is 0.250. The van der Waals surface area contributed by atoms with Crippen molar-refractivity contribution in [2.75, 3.05) is 19.8 Å². The summed E-state index contributed by atoms with van der Waals surface area (Å²) in [7, 11) is 0. The zero-order chi connectivity index (χ0) is 23.7. The summed E-state index contributed by atoms with van der Waals surface area (Å²) < 4.78 is 53.4. The Balaban J connectivity index is 2.10. The van der Waals surface area contributed by atoms with Crippen molar-refractivity contribution in [3.05, 3.63) is 47.0 Å². The molecule has 0 unspecified atom stereocenters. The van der Waals surface area contributed by atoms with E-state index in [0.717, 1.165) is 12.1 Å². The second kappa shape index (κ2) is 11.3. The maximum Gasteiger partial charge on any atom is 0.416 e. The molecule has 2 rings (SSSR count). The van der Waals surface area contributed by atoms with Crippen molar-refractivity contribution < 1.29 is 32.0 Å². The van der Waals surface area contributed by atoms with E-state index in [9.17, 15) is 23.2 Å². The maximum atomic E-state index is 12.7. The number of carbonyl (C=O) groups is 1. The van der Waals surface area contributed by atoms with E-state index in [1.165, 1.54) is 12.1 Å². The van der Waals surface area contributed by atoms with Crippen LogP contribution in [0.5, 0.6) is 0 Å². The van der Waals surface area contributed by atoms with E-state index < -0.39 is 17.7 Å². The zero-order valence-corrected chi connectivity index (χ0v) is 17.8. The number of nitriles is 1. The first-order valence-electron chi connectivity index (χ1n) is 9.80. The molecule has 0 saturated carbocycles. The largest absolute Gasteiger partial charge is 0.459 e. The van der Waals surface area contributed by atoms with Crippen molar-refractivity contribution in [3.63, 3.8) is 0 Å². The Morgan fingerprint density at radius 3 is 2.50 bits per heavy atom. The number of nitrogens with one attached hydrogen (secondary N) is 1. The van der Waals surface area contributed by atoms with Crippen LogP contribution in [0.2, 0.25) is 0 Å². The molecule has 11 heteroatoms. The van der Waals surface area contributed by atoms with Crippen molar-refractivity contribution in [1.29, 1.82) is 5.26 Å². The molecule has 1 aromatic carbocycles. The lowest BCUT2D eigenvalue weighted by molar-refractivity contribution is -0.140. The molecule has 0 radical (unpaired) electrons. The molecule has 0 aliphatic rings. The van der Waals surface area contributed by atoms with E-state index in [1.807, 2.05) is 13.0 Å². The maximum absolute atomic E-state index is 12.7. The Bertz CT molecular complexity index is 976. The molecule has 0 bridgehead atoms. The minimum atomic E-state index is -4.44. The van der Waals surface area contributed by atoms with Gasteiger partial charge in [-0.3, -0.25) is 0 Å². The minimum Gasteiger partial charge on any atom is -0.459 e. The van der Waals surface area contributed by atoms with Crippen LogP contribution in [0, 0.1) is 17.2 Å². The number of allylic oxidation sites excluding steroid dienone is 1. The SMILES string of the molecule is CCOCCOC(=O)/C(C#N)=C(/NCc1nc(-c2ccc(C(F)(F)F)cc2)no1)C(C)C. The van der Waals surface area contributed by atoms with E-state index in [2.05, 4.69) is 15.5 Å². The highest BCUT2D eigenvalue weighted by molar-refractivity contribution is 5.93. The van der Waals surface area contributed by atoms with Crippen molar-refractivity contribution in [2.24, 2.45) is 5.92 Å². The third-order valence-electron chi connectivity index (χ3n) is 4.20. The van der Waals surface area contributed by atoms with Gasteiger partial charge in [0.1, 0.15) is 12.7 Å². The van der Waals surface area contributed by atoms with Gasteiger partial charge in [0.2, 0.25) is 11.7 Å². The van der Waals surface area contributed by atoms with Gasteiger partial charge in [0.05, 0.1) is 18.7 Å². The van der Waals surface area contributed by atoms with Crippen LogP contribution < -0.4 is 5.32 Å². The average Bonchev–Trinajstić information content (AvgIpc) is 3.22. The Morgan fingerprint density at radius 1 is 1.25 bits per heavy atom. The highest BCUT2D eigenvalue weighted by atomic mass is 19.4. The van der Waals surface area contributed by atoms with Gasteiger partial charge in [0.25, 0.3) is 0 Å². The second-order valence-electron chi connectivity index (χ2n) is 6.83. The van der Waals surface area contributed by atoms with Crippen LogP contribution in [0.1, 0.15) is 32.2 Å². The van der Waals surface area contributed by atoms with Gasteiger partial charge >= 0.3 is 12.1 Å². The van der Waals surface area contributed by atoms with Gasteiger partial charge in [-0.2, -0.15) is 23.4 Å². The zero-order valence-electron chi connectivity index (χ0n) is 17.8. The lowest BCUT2D eigenvalue weighted by Gasteiger charge is -2.15. The number of nitrogens with zero attached hydrogens (tertiary/aromatic N) is 3. The number of carbonyl (C=O) groups excluding carboxylic acids is 1. The first kappa shape index (κ1) is 24.9. The van der Waals surface area contributed by atoms with Crippen LogP contribution in [0.4, 0.5) is 13.2 Å². The molecule has 172 valence electrons. The summed E-state index contributed by atoms with van der Waals surface area (Å²) in [5, 5.41) is 16.1. The lowest BCUT2D eigenvalue weighted by Crippen LogP contribution is -2.23. The Kier molecular flexibility index (Phi) is 8.78. The van der Waals surface area contributed by atoms with Gasteiger partial charge in [-0.15, -0.1) is 0 Å². The number of ether oxygens (including phenoxy) is 2. The molecule has 1 heterocycles. The summed E-state index contributed by atoms with van der Waals surface area (Å²) in [6.07, 6.45) is -4.44. The van der Waals surface area contributed by atoms with Crippen molar-refractivity contribution in [3.8, 4) is 17.5 Å². The van der Waals surface area contributed by atoms with Gasteiger partial charge in [0, 0.05) is 17.9 Å². The molecule has 0 amide bonds. The Hall–Kier alpha value is -3.39. The summed E-state index contributed by atoms with van der Waals surface area (Å²) >= 11 is 0. The summed E-state index contributed by atoms with van der Waals surface area (Å²) in [5.41, 5.74) is -0.277. The summed E-state index contributed by atoms with van der Waals surface area (Å²) in [4.78, 5) is 16.4. The fraction of sp³-hybridized carbons (Fsp3) is 0.429. The number of rotatable bonds is 10. The van der Waals surface area contributed by atoms with Gasteiger partial charge in [-0.25, -0.2) is 4.79 Å². The second-order valence-corrected chi connectivity index (χ2v) is 6.83. The fourth-order valence-corrected chi connectivity index (χ4v) is 2.63. The van der Waals surface area contributed by atoms with E-state index in [-0.39, 0.29) is 43.0 Å². The van der Waals surface area contributed by atoms with E-state index in [0.29, 0.717) is 17.9 Å². The molecular weight excluding hydrogens is 429 g/mol. The molecule has 0 fully saturated rings. The van der Waals surface area contributed by atoms with E-state index in [4.69, 9.17) is 14.0 Å². The predicted octanol–water partition coefficient (Wildman–Crippen LogP) is 3.86. The van der Waals surface area contributed by atoms with Gasteiger partial charge in [-0.05, 0) is 25.0 Å². The van der Waals surface area contributed by atoms with Crippen molar-refractivity contribution in [1.82, 2.24) is 15.5 Å². The van der Waals surface area contributed by atoms with Crippen molar-refractivity contribution in [2.45, 2.75) is 33.5 Å². The number of hydrogen-bond donors (Lipinski definition) is 1. The smallest absolute Gasteiger partial charge is 0.416 e. The van der Waals surface area contributed by atoms with Gasteiger partial charge in [0.15, 0.2) is 5.57 Å². The molecular formula is C21H23F3N4O4. The molecule has 0 aliphatic carbocycles. The number of esters is 1. The number of alkyl halides is 3. The molecule has 0 aliphatic heterocycles. The predicted molar refractivity (Wildman–Crippen MR) is 107 cm³/mol. The van der Waals surface area contributed by atoms with Gasteiger partial charge in [-0.1, -0.05) is 31.1 Å². The molecule has 2 aromatic rings. The number of benzene rings is 1. The van der Waals surface area contributed by atoms with Crippen LogP contribution in [-0.4, -0.2) is 35.9 Å². The summed E-state index contributed by atoms with van der Waals surface area (Å²) in [6.45, 7) is 6.10. The van der Waals surface area contributed by atoms with E-state index in [1.54, 1.807) is 13.8 Å². The lowest BCUT2D eigenvalue weighted by atomic mass is 10.0. The molecule has 1 N–H and O–H groups in total. The fourth-order valence-electron chi connectivity index (χ4n) is 2.63. The van der Waals surface area contributed by atoms with Crippen LogP contribution in [0.25, 0.3) is 11.4 Å². The highest BCUT2D eigenvalue weighted by Gasteiger charge is 2.30. The Labute approximate surface area is 183 Å². The number of halogens is 3. The first-order valence-corrected chi connectivity index (χ1v) is 9.80. The first-order chi connectivity index (χ1) is 15.2. The molecule has 32 heavy (non-hydrogen) atoms. The molecule has 0 atom stereocenters. The minimum absolute atomic E-state index is 0.00143. The Morgan fingerprint density at radius 2 is 1.94 bits per heavy atom. The third-order valence-corrected chi connectivity index (χ3v) is 4.20. The average molecular weight is 452 g/mol. The topological polar surface area (TPSA) is 110 Å². The van der Waals surface area contributed by atoms with E-state index >= 15 is 0 Å². The van der Waals surface area contributed by atoms with Crippen LogP contribution in [-0.2, 0) is 27.0 Å². The molecule has 8 nitrogen and oxygen atoms in total. The highest BCUT2D eigenvalue weighted by Crippen LogP contribution is 2.30. The summed E-state index contributed by atoms with van der Waals surface area (Å²) in [5.74, 6) is -0.762. The normalized spacial score (nSPS) is 12.3. The van der Waals surface area contributed by atoms with Crippen LogP contribution >= 0.6 is 0 Å². The van der Waals surface area contributed by atoms with Crippen LogP contribution in [0.15, 0.2) is 40.1 Å². The third kappa shape index (κ3) is 6.81. The standard InChI is InChI=1S/C21H23F3N4O4/c1-4-30-9-10-31-20(29)16(11-25)18(13(2)3)26-12-17-27-19(28-32-17)14-5-7-15(8-6-14)21(22,23)24/h5-8,13,26H,4,9-10,12H2,1-3H3/b18-16+. The molecule has 1 aromatic heterocycles. The number of aromatic nitrogens is 2.